The molecule has 1 amide bonds. The van der Waals surface area contributed by atoms with Crippen molar-refractivity contribution in [2.45, 2.75) is 6.42 Å². The zero-order valence-electron chi connectivity index (χ0n) is 16.4. The van der Waals surface area contributed by atoms with Crippen molar-refractivity contribution in [3.05, 3.63) is 53.4 Å². The number of piperazine rings is 1. The normalized spacial score (nSPS) is 15.1. The lowest BCUT2D eigenvalue weighted by atomic mass is 10.1. The molecule has 154 valence electrons. The molecule has 6 nitrogen and oxygen atoms in total. The van der Waals surface area contributed by atoms with Gasteiger partial charge in [0.2, 0.25) is 0 Å². The predicted octanol–water partition coefficient (Wildman–Crippen LogP) is 4.33. The van der Waals surface area contributed by atoms with Gasteiger partial charge in [-0.3, -0.25) is 4.90 Å². The van der Waals surface area contributed by atoms with E-state index in [9.17, 15) is 4.79 Å². The van der Waals surface area contributed by atoms with Gasteiger partial charge < -0.3 is 15.4 Å². The summed E-state index contributed by atoms with van der Waals surface area (Å²) in [6.45, 7) is 5.28. The molecule has 3 heterocycles. The topological polar surface area (TPSA) is 71.7 Å². The molecule has 0 atom stereocenters. The molecule has 5 rings (SSSR count). The van der Waals surface area contributed by atoms with Crippen molar-refractivity contribution < 1.29 is 9.53 Å². The van der Waals surface area contributed by atoms with E-state index in [2.05, 4.69) is 56.6 Å². The van der Waals surface area contributed by atoms with Gasteiger partial charge in [-0.2, -0.15) is 0 Å². The van der Waals surface area contributed by atoms with Crippen molar-refractivity contribution >= 4 is 54.8 Å². The molecule has 0 bridgehead atoms. The van der Waals surface area contributed by atoms with E-state index in [1.165, 1.54) is 32.7 Å². The first-order chi connectivity index (χ1) is 14.7. The minimum Gasteiger partial charge on any atom is -0.381 e. The molecule has 1 aliphatic heterocycles. The van der Waals surface area contributed by atoms with Crippen LogP contribution in [0.25, 0.3) is 20.3 Å². The number of benzene rings is 2. The first kappa shape index (κ1) is 19.3. The molecule has 2 aromatic heterocycles. The molecule has 0 radical (unpaired) electrons. The van der Waals surface area contributed by atoms with Crippen LogP contribution in [0.4, 0.5) is 10.5 Å². The number of aromatic nitrogens is 1. The van der Waals surface area contributed by atoms with Crippen molar-refractivity contribution in [1.29, 1.82) is 0 Å². The Kier molecular flexibility index (Phi) is 5.28. The van der Waals surface area contributed by atoms with E-state index in [0.717, 1.165) is 49.4 Å². The number of hydrogen-bond acceptors (Lipinski definition) is 7. The van der Waals surface area contributed by atoms with Crippen molar-refractivity contribution in [2.24, 2.45) is 5.73 Å². The van der Waals surface area contributed by atoms with Crippen molar-refractivity contribution in [1.82, 2.24) is 9.88 Å². The maximum atomic E-state index is 10.9. The van der Waals surface area contributed by atoms with Gasteiger partial charge in [0.15, 0.2) is 0 Å². The number of nitrogens with zero attached hydrogens (tertiary/aromatic N) is 3. The first-order valence-electron chi connectivity index (χ1n) is 9.96. The first-order valence-corrected chi connectivity index (χ1v) is 11.7. The third-order valence-electron chi connectivity index (χ3n) is 5.52. The van der Waals surface area contributed by atoms with Gasteiger partial charge in [-0.1, -0.05) is 23.5 Å². The fraction of sp³-hybridized carbons (Fsp3) is 0.273. The van der Waals surface area contributed by atoms with E-state index in [4.69, 9.17) is 10.5 Å². The van der Waals surface area contributed by atoms with Crippen LogP contribution in [-0.2, 0) is 6.42 Å². The second-order valence-corrected chi connectivity index (χ2v) is 9.33. The summed E-state index contributed by atoms with van der Waals surface area (Å²) in [6.07, 6.45) is 0.156. The molecule has 2 aromatic carbocycles. The van der Waals surface area contributed by atoms with Crippen LogP contribution in [0.15, 0.2) is 47.8 Å². The van der Waals surface area contributed by atoms with E-state index in [1.807, 2.05) is 6.07 Å². The molecule has 1 fully saturated rings. The number of primary amides is 1. The van der Waals surface area contributed by atoms with Gasteiger partial charge in [0.05, 0.1) is 10.2 Å². The number of ether oxygens (including phenoxy) is 1. The van der Waals surface area contributed by atoms with E-state index < -0.39 is 6.09 Å². The Morgan fingerprint density at radius 1 is 1.10 bits per heavy atom. The highest BCUT2D eigenvalue weighted by molar-refractivity contribution is 7.20. The van der Waals surface area contributed by atoms with Crippen LogP contribution >= 0.6 is 22.7 Å². The summed E-state index contributed by atoms with van der Waals surface area (Å²) >= 11 is 3.15. The Labute approximate surface area is 182 Å². The lowest BCUT2D eigenvalue weighted by Crippen LogP contribution is -2.47. The monoisotopic (exact) mass is 438 g/mol. The second kappa shape index (κ2) is 8.22. The van der Waals surface area contributed by atoms with Crippen LogP contribution in [0.2, 0.25) is 0 Å². The van der Waals surface area contributed by atoms with Crippen LogP contribution in [0, 0.1) is 0 Å². The maximum absolute atomic E-state index is 10.9. The summed E-state index contributed by atoms with van der Waals surface area (Å²) in [7, 11) is 0. The number of anilines is 1. The number of amides is 1. The fourth-order valence-corrected chi connectivity index (χ4v) is 5.68. The summed E-state index contributed by atoms with van der Waals surface area (Å²) in [6, 6.07) is 15.0. The third-order valence-corrected chi connectivity index (χ3v) is 7.30. The largest absolute Gasteiger partial charge is 0.411 e. The molecule has 0 spiro atoms. The zero-order valence-corrected chi connectivity index (χ0v) is 18.0. The van der Waals surface area contributed by atoms with Gasteiger partial charge in [0.1, 0.15) is 0 Å². The van der Waals surface area contributed by atoms with Gasteiger partial charge in [-0.25, -0.2) is 9.78 Å². The molecular formula is C22H22N4O2S2. The average Bonchev–Trinajstić information content (AvgIpc) is 3.38. The van der Waals surface area contributed by atoms with Gasteiger partial charge >= 0.3 is 6.09 Å². The minimum atomic E-state index is -0.830. The van der Waals surface area contributed by atoms with E-state index in [0.29, 0.717) is 5.19 Å². The standard InChI is InChI=1S/C22H22N4O2S2/c23-21(27)28-22-24-17-5-4-15(14-20(17)30-22)6-8-25-9-11-26(12-10-25)18-2-1-3-19-16(18)7-13-29-19/h1-5,7,13-14H,6,8-12H2,(H2,23,27). The van der Waals surface area contributed by atoms with Crippen molar-refractivity contribution in [2.75, 3.05) is 37.6 Å². The highest BCUT2D eigenvalue weighted by atomic mass is 32.1. The minimum absolute atomic E-state index is 0.298. The molecule has 2 N–H and O–H groups in total. The molecule has 4 aromatic rings. The highest BCUT2D eigenvalue weighted by Crippen LogP contribution is 2.31. The molecule has 0 aliphatic carbocycles. The van der Waals surface area contributed by atoms with Crippen molar-refractivity contribution in [3.63, 3.8) is 0 Å². The number of thiazole rings is 1. The fourth-order valence-electron chi connectivity index (χ4n) is 3.99. The molecular weight excluding hydrogens is 416 g/mol. The number of thiophene rings is 1. The van der Waals surface area contributed by atoms with Gasteiger partial charge in [-0.15, -0.1) is 11.3 Å². The summed E-state index contributed by atoms with van der Waals surface area (Å²) in [5.74, 6) is 0. The number of nitrogens with two attached hydrogens (primary N) is 1. The molecule has 8 heteroatoms. The zero-order chi connectivity index (χ0) is 20.5. The number of hydrogen-bond donors (Lipinski definition) is 1. The summed E-state index contributed by atoms with van der Waals surface area (Å²) < 4.78 is 7.27. The average molecular weight is 439 g/mol. The molecule has 1 aliphatic rings. The Bertz CT molecular complexity index is 1190. The number of rotatable bonds is 5. The third kappa shape index (κ3) is 3.98. The van der Waals surface area contributed by atoms with Crippen LogP contribution in [0.1, 0.15) is 5.56 Å². The second-order valence-electron chi connectivity index (χ2n) is 7.39. The lowest BCUT2D eigenvalue weighted by molar-refractivity contribution is 0.211. The van der Waals surface area contributed by atoms with E-state index >= 15 is 0 Å². The van der Waals surface area contributed by atoms with Crippen LogP contribution in [0.5, 0.6) is 5.19 Å². The quantitative estimate of drug-likeness (QED) is 0.502. The number of carbonyl (C=O) groups is 1. The lowest BCUT2D eigenvalue weighted by Gasteiger charge is -2.36. The smallest absolute Gasteiger partial charge is 0.381 e. The maximum Gasteiger partial charge on any atom is 0.411 e. The molecule has 1 saturated heterocycles. The summed E-state index contributed by atoms with van der Waals surface area (Å²) in [5, 5.41) is 3.84. The van der Waals surface area contributed by atoms with E-state index in [-0.39, 0.29) is 0 Å². The van der Waals surface area contributed by atoms with Crippen LogP contribution in [-0.4, -0.2) is 48.7 Å². The van der Waals surface area contributed by atoms with Gasteiger partial charge in [0, 0.05) is 48.5 Å². The Morgan fingerprint density at radius 3 is 2.80 bits per heavy atom. The Hall–Kier alpha value is -2.68. The SMILES string of the molecule is NC(=O)Oc1nc2ccc(CCN3CCN(c4cccc5sccc45)CC3)cc2s1. The predicted molar refractivity (Wildman–Crippen MR) is 124 cm³/mol. The number of carbonyl (C=O) groups excluding carboxylic acids is 1. The van der Waals surface area contributed by atoms with Crippen LogP contribution in [0.3, 0.4) is 0 Å². The Morgan fingerprint density at radius 2 is 1.97 bits per heavy atom. The molecule has 30 heavy (non-hydrogen) atoms. The Balaban J connectivity index is 1.19. The summed E-state index contributed by atoms with van der Waals surface area (Å²) in [4.78, 5) is 20.2. The van der Waals surface area contributed by atoms with Gasteiger partial charge in [-0.05, 0) is 47.7 Å². The number of fused-ring (bicyclic) bond motifs is 2. The van der Waals surface area contributed by atoms with Crippen molar-refractivity contribution in [3.8, 4) is 5.19 Å². The summed E-state index contributed by atoms with van der Waals surface area (Å²) in [5.41, 5.74) is 8.53. The molecule has 0 saturated carbocycles. The van der Waals surface area contributed by atoms with E-state index in [1.54, 1.807) is 11.3 Å². The van der Waals surface area contributed by atoms with Crippen LogP contribution < -0.4 is 15.4 Å². The van der Waals surface area contributed by atoms with Gasteiger partial charge in [0.25, 0.3) is 5.19 Å². The highest BCUT2D eigenvalue weighted by Gasteiger charge is 2.19. The molecule has 0 unspecified atom stereocenters.